The highest BCUT2D eigenvalue weighted by molar-refractivity contribution is 5.93. The van der Waals surface area contributed by atoms with Crippen LogP contribution < -0.4 is 11.1 Å². The van der Waals surface area contributed by atoms with E-state index in [4.69, 9.17) is 5.73 Å². The minimum absolute atomic E-state index is 0.0811. The van der Waals surface area contributed by atoms with Crippen molar-refractivity contribution in [3.63, 3.8) is 0 Å². The van der Waals surface area contributed by atoms with Gasteiger partial charge in [-0.25, -0.2) is 0 Å². The number of aliphatic hydroxyl groups excluding tert-OH is 1. The summed E-state index contributed by atoms with van der Waals surface area (Å²) in [7, 11) is 0. The summed E-state index contributed by atoms with van der Waals surface area (Å²) < 4.78 is 0. The van der Waals surface area contributed by atoms with Crippen molar-refractivity contribution < 1.29 is 9.90 Å². The largest absolute Gasteiger partial charge is 0.392 e. The molecule has 3 atom stereocenters. The molecule has 22 heavy (non-hydrogen) atoms. The first-order valence-electron chi connectivity index (χ1n) is 8.30. The molecule has 0 spiro atoms. The lowest BCUT2D eigenvalue weighted by molar-refractivity contribution is -0.140. The topological polar surface area (TPSA) is 87.7 Å². The lowest BCUT2D eigenvalue weighted by atomic mass is 9.72. The van der Waals surface area contributed by atoms with Gasteiger partial charge in [-0.3, -0.25) is 9.79 Å². The first-order valence-corrected chi connectivity index (χ1v) is 8.30. The van der Waals surface area contributed by atoms with Crippen LogP contribution in [0.3, 0.4) is 0 Å². The van der Waals surface area contributed by atoms with Crippen molar-refractivity contribution in [2.45, 2.75) is 85.4 Å². The molecule has 1 aliphatic rings. The van der Waals surface area contributed by atoms with Crippen LogP contribution in [0.1, 0.15) is 67.2 Å². The number of aliphatic imine (C=N–C) groups is 1. The van der Waals surface area contributed by atoms with Crippen molar-refractivity contribution in [1.29, 1.82) is 0 Å². The predicted octanol–water partition coefficient (Wildman–Crippen LogP) is 2.22. The Morgan fingerprint density at radius 1 is 1.36 bits per heavy atom. The van der Waals surface area contributed by atoms with Gasteiger partial charge in [0.05, 0.1) is 17.6 Å². The van der Waals surface area contributed by atoms with Crippen molar-refractivity contribution in [2.24, 2.45) is 21.6 Å². The van der Waals surface area contributed by atoms with Crippen molar-refractivity contribution in [3.05, 3.63) is 0 Å². The molecular formula is C17H33N3O2. The van der Waals surface area contributed by atoms with E-state index in [1.807, 2.05) is 41.5 Å². The van der Waals surface area contributed by atoms with E-state index in [0.29, 0.717) is 18.7 Å². The Morgan fingerprint density at radius 3 is 2.41 bits per heavy atom. The number of carbonyl (C=O) groups excluding carboxylic acids is 1. The van der Waals surface area contributed by atoms with Gasteiger partial charge in [-0.15, -0.1) is 0 Å². The van der Waals surface area contributed by atoms with Gasteiger partial charge in [-0.1, -0.05) is 33.6 Å². The van der Waals surface area contributed by atoms with Gasteiger partial charge in [0.2, 0.25) is 5.91 Å². The first kappa shape index (κ1) is 18.9. The fourth-order valence-corrected chi connectivity index (χ4v) is 2.98. The second-order valence-corrected chi connectivity index (χ2v) is 8.10. The second-order valence-electron chi connectivity index (χ2n) is 8.10. The van der Waals surface area contributed by atoms with Gasteiger partial charge in [0, 0.05) is 6.04 Å². The maximum absolute atomic E-state index is 12.8. The zero-order valence-electron chi connectivity index (χ0n) is 14.9. The van der Waals surface area contributed by atoms with Crippen molar-refractivity contribution in [2.75, 3.05) is 0 Å². The van der Waals surface area contributed by atoms with Crippen molar-refractivity contribution in [1.82, 2.24) is 5.32 Å². The predicted molar refractivity (Wildman–Crippen MR) is 90.7 cm³/mol. The monoisotopic (exact) mass is 311 g/mol. The van der Waals surface area contributed by atoms with E-state index in [0.717, 1.165) is 12.8 Å². The van der Waals surface area contributed by atoms with Gasteiger partial charge >= 0.3 is 0 Å². The highest BCUT2D eigenvalue weighted by Crippen LogP contribution is 2.37. The average molecular weight is 311 g/mol. The Morgan fingerprint density at radius 2 is 1.95 bits per heavy atom. The number of rotatable bonds is 4. The molecule has 1 aliphatic carbocycles. The first-order chi connectivity index (χ1) is 9.98. The number of nitrogens with one attached hydrogen (secondary N) is 1. The fourth-order valence-electron chi connectivity index (χ4n) is 2.98. The highest BCUT2D eigenvalue weighted by Gasteiger charge is 2.44. The third kappa shape index (κ3) is 4.45. The summed E-state index contributed by atoms with van der Waals surface area (Å²) in [5, 5.41) is 13.3. The van der Waals surface area contributed by atoms with E-state index in [9.17, 15) is 9.90 Å². The van der Waals surface area contributed by atoms with Crippen LogP contribution in [0, 0.1) is 10.8 Å². The minimum Gasteiger partial charge on any atom is -0.392 e. The molecule has 1 rings (SSSR count). The Labute approximate surface area is 134 Å². The van der Waals surface area contributed by atoms with E-state index in [2.05, 4.69) is 10.3 Å². The van der Waals surface area contributed by atoms with Gasteiger partial charge in [0.15, 0.2) is 0 Å². The van der Waals surface area contributed by atoms with Crippen LogP contribution in [0.4, 0.5) is 0 Å². The van der Waals surface area contributed by atoms with Crippen LogP contribution in [0.5, 0.6) is 0 Å². The lowest BCUT2D eigenvalue weighted by Gasteiger charge is -2.40. The molecule has 0 aromatic heterocycles. The van der Waals surface area contributed by atoms with Crippen LogP contribution in [0.2, 0.25) is 0 Å². The summed E-state index contributed by atoms with van der Waals surface area (Å²) in [5.41, 5.74) is 5.16. The summed E-state index contributed by atoms with van der Waals surface area (Å²) in [5.74, 6) is 0.325. The van der Waals surface area contributed by atoms with E-state index in [1.165, 1.54) is 0 Å². The fraction of sp³-hybridized carbons (Fsp3) is 0.882. The second kappa shape index (κ2) is 6.99. The number of hydrogen-bond acceptors (Lipinski definition) is 3. The Kier molecular flexibility index (Phi) is 6.02. The van der Waals surface area contributed by atoms with Crippen molar-refractivity contribution >= 4 is 11.7 Å². The van der Waals surface area contributed by atoms with E-state index in [1.54, 1.807) is 0 Å². The molecule has 5 nitrogen and oxygen atoms in total. The molecule has 0 aliphatic heterocycles. The van der Waals surface area contributed by atoms with Crippen molar-refractivity contribution in [3.8, 4) is 0 Å². The normalized spacial score (nSPS) is 28.5. The molecule has 0 radical (unpaired) electrons. The Hall–Kier alpha value is -1.10. The standard InChI is InChI=1S/C17H33N3O2/c1-11(2)19-14(18)13(16(3,4)5)20-15(22)17(6)10-8-7-9-12(17)21/h11-13,21H,7-10H2,1-6H3,(H2,18,19)(H,20,22). The van der Waals surface area contributed by atoms with Gasteiger partial charge in [0.25, 0.3) is 0 Å². The Bertz CT molecular complexity index is 426. The average Bonchev–Trinajstić information content (AvgIpc) is 2.36. The number of amidine groups is 1. The van der Waals surface area contributed by atoms with Crippen LogP contribution >= 0.6 is 0 Å². The number of aliphatic hydroxyl groups is 1. The molecule has 5 heteroatoms. The summed E-state index contributed by atoms with van der Waals surface area (Å²) >= 11 is 0. The molecule has 0 aromatic carbocycles. The van der Waals surface area contributed by atoms with Gasteiger partial charge in [0.1, 0.15) is 5.84 Å². The third-order valence-electron chi connectivity index (χ3n) is 4.52. The molecule has 1 fully saturated rings. The van der Waals surface area contributed by atoms with Crippen LogP contribution in [-0.2, 0) is 4.79 Å². The summed E-state index contributed by atoms with van der Waals surface area (Å²) in [6.45, 7) is 11.9. The molecule has 1 saturated carbocycles. The zero-order chi connectivity index (χ0) is 17.1. The van der Waals surface area contributed by atoms with E-state index in [-0.39, 0.29) is 23.4 Å². The minimum atomic E-state index is -0.736. The van der Waals surface area contributed by atoms with Crippen LogP contribution in [0.15, 0.2) is 4.99 Å². The van der Waals surface area contributed by atoms with Crippen LogP contribution in [0.25, 0.3) is 0 Å². The van der Waals surface area contributed by atoms with Gasteiger partial charge < -0.3 is 16.2 Å². The van der Waals surface area contributed by atoms with Gasteiger partial charge in [-0.05, 0) is 39.0 Å². The molecular weight excluding hydrogens is 278 g/mol. The highest BCUT2D eigenvalue weighted by atomic mass is 16.3. The molecule has 3 unspecified atom stereocenters. The Balaban J connectivity index is 2.97. The number of nitrogens with two attached hydrogens (primary N) is 1. The maximum atomic E-state index is 12.8. The molecule has 4 N–H and O–H groups in total. The number of nitrogens with zero attached hydrogens (tertiary/aromatic N) is 1. The number of hydrogen-bond donors (Lipinski definition) is 3. The SMILES string of the molecule is CC(C)N=C(N)C(NC(=O)C1(C)CCCCC1O)C(C)(C)C. The van der Waals surface area contributed by atoms with E-state index < -0.39 is 11.5 Å². The van der Waals surface area contributed by atoms with E-state index >= 15 is 0 Å². The number of amides is 1. The summed E-state index contributed by atoms with van der Waals surface area (Å²) in [4.78, 5) is 17.2. The quantitative estimate of drug-likeness (QED) is 0.549. The summed E-state index contributed by atoms with van der Waals surface area (Å²) in [6, 6.07) is -0.258. The molecule has 0 bridgehead atoms. The third-order valence-corrected chi connectivity index (χ3v) is 4.52. The molecule has 128 valence electrons. The molecule has 0 heterocycles. The number of carbonyl (C=O) groups is 1. The molecule has 0 aromatic rings. The maximum Gasteiger partial charge on any atom is 0.229 e. The van der Waals surface area contributed by atoms with Crippen LogP contribution in [-0.4, -0.2) is 35.0 Å². The summed E-state index contributed by atoms with van der Waals surface area (Å²) in [6.07, 6.45) is 2.74. The zero-order valence-corrected chi connectivity index (χ0v) is 14.9. The lowest BCUT2D eigenvalue weighted by Crippen LogP contribution is -2.58. The molecule has 0 saturated heterocycles. The van der Waals surface area contributed by atoms with Gasteiger partial charge in [-0.2, -0.15) is 0 Å². The smallest absolute Gasteiger partial charge is 0.229 e. The molecule has 1 amide bonds.